The van der Waals surface area contributed by atoms with E-state index in [4.69, 9.17) is 0 Å². The number of hydrogen-bond acceptors (Lipinski definition) is 0. The summed E-state index contributed by atoms with van der Waals surface area (Å²) in [6, 6.07) is 45.0. The predicted molar refractivity (Wildman–Crippen MR) is 159 cm³/mol. The lowest BCUT2D eigenvalue weighted by Crippen LogP contribution is -2.15. The van der Waals surface area contributed by atoms with Gasteiger partial charge in [0.2, 0.25) is 0 Å². The van der Waals surface area contributed by atoms with Crippen molar-refractivity contribution < 1.29 is 0 Å². The van der Waals surface area contributed by atoms with Crippen LogP contribution in [-0.4, -0.2) is 0 Å². The highest BCUT2D eigenvalue weighted by Crippen LogP contribution is 2.54. The molecule has 0 saturated carbocycles. The first-order valence-electron chi connectivity index (χ1n) is 13.1. The van der Waals surface area contributed by atoms with E-state index in [1.165, 1.54) is 76.8 Å². The molecule has 37 heavy (non-hydrogen) atoms. The second-order valence-electron chi connectivity index (χ2n) is 11.0. The molecule has 0 N–H and O–H groups in total. The molecule has 174 valence electrons. The molecule has 0 heterocycles. The first-order chi connectivity index (χ1) is 18.1. The van der Waals surface area contributed by atoms with E-state index in [0.717, 1.165) is 0 Å². The molecule has 0 nitrogen and oxygen atoms in total. The molecule has 0 fully saturated rings. The zero-order valence-corrected chi connectivity index (χ0v) is 21.0. The van der Waals surface area contributed by atoms with Gasteiger partial charge in [0.05, 0.1) is 0 Å². The van der Waals surface area contributed by atoms with Gasteiger partial charge in [-0.15, -0.1) is 0 Å². The van der Waals surface area contributed by atoms with Crippen molar-refractivity contribution in [1.29, 1.82) is 0 Å². The molecule has 1 aliphatic rings. The number of benzene rings is 7. The molecule has 0 aromatic heterocycles. The highest BCUT2D eigenvalue weighted by atomic mass is 14.4. The molecule has 8 rings (SSSR count). The van der Waals surface area contributed by atoms with Gasteiger partial charge in [-0.25, -0.2) is 0 Å². The van der Waals surface area contributed by atoms with Gasteiger partial charge < -0.3 is 0 Å². The van der Waals surface area contributed by atoms with E-state index in [1.807, 2.05) is 0 Å². The van der Waals surface area contributed by atoms with Gasteiger partial charge in [-0.1, -0.05) is 123 Å². The van der Waals surface area contributed by atoms with Gasteiger partial charge in [0.15, 0.2) is 0 Å². The Morgan fingerprint density at radius 3 is 1.81 bits per heavy atom. The Bertz CT molecular complexity index is 1960. The fourth-order valence-electron chi connectivity index (χ4n) is 6.68. The van der Waals surface area contributed by atoms with Crippen molar-refractivity contribution >= 4 is 32.3 Å². The Morgan fingerprint density at radius 2 is 1.05 bits per heavy atom. The number of fused-ring (bicyclic) bond motifs is 4. The molecular weight excluding hydrogens is 444 g/mol. The molecule has 1 aliphatic carbocycles. The lowest BCUT2D eigenvalue weighted by molar-refractivity contribution is 0.661. The Kier molecular flexibility index (Phi) is 4.10. The van der Waals surface area contributed by atoms with Crippen molar-refractivity contribution in [2.75, 3.05) is 0 Å². The van der Waals surface area contributed by atoms with Crippen molar-refractivity contribution in [2.45, 2.75) is 19.3 Å². The first-order valence-corrected chi connectivity index (χ1v) is 13.1. The summed E-state index contributed by atoms with van der Waals surface area (Å²) in [5, 5.41) is 8.16. The van der Waals surface area contributed by atoms with Gasteiger partial charge >= 0.3 is 0 Å². The van der Waals surface area contributed by atoms with Crippen LogP contribution in [0.3, 0.4) is 0 Å². The number of rotatable bonds is 2. The van der Waals surface area contributed by atoms with Gasteiger partial charge in [-0.2, -0.15) is 0 Å². The molecule has 7 aromatic rings. The second-order valence-corrected chi connectivity index (χ2v) is 11.0. The molecule has 0 bridgehead atoms. The molecule has 0 unspecified atom stereocenters. The van der Waals surface area contributed by atoms with Crippen LogP contribution in [0, 0.1) is 0 Å². The maximum atomic E-state index is 2.46. The van der Waals surface area contributed by atoms with Crippen LogP contribution in [0.15, 0.2) is 121 Å². The zero-order valence-electron chi connectivity index (χ0n) is 21.0. The Balaban J connectivity index is 1.32. The average molecular weight is 471 g/mol. The van der Waals surface area contributed by atoms with E-state index in [0.29, 0.717) is 0 Å². The summed E-state index contributed by atoms with van der Waals surface area (Å²) < 4.78 is 0. The van der Waals surface area contributed by atoms with Crippen LogP contribution < -0.4 is 0 Å². The number of hydrogen-bond donors (Lipinski definition) is 0. The first kappa shape index (κ1) is 20.7. The highest BCUT2D eigenvalue weighted by molar-refractivity contribution is 6.26. The largest absolute Gasteiger partial charge is 0.0622 e. The van der Waals surface area contributed by atoms with Crippen molar-refractivity contribution in [3.8, 4) is 33.4 Å². The monoisotopic (exact) mass is 470 g/mol. The lowest BCUT2D eigenvalue weighted by atomic mass is 9.80. The molecule has 0 aliphatic heterocycles. The summed E-state index contributed by atoms with van der Waals surface area (Å²) in [7, 11) is 0. The van der Waals surface area contributed by atoms with Gasteiger partial charge in [0.25, 0.3) is 0 Å². The zero-order chi connectivity index (χ0) is 24.7. The summed E-state index contributed by atoms with van der Waals surface area (Å²) in [4.78, 5) is 0. The van der Waals surface area contributed by atoms with Gasteiger partial charge in [0, 0.05) is 5.41 Å². The van der Waals surface area contributed by atoms with E-state index >= 15 is 0 Å². The third-order valence-electron chi connectivity index (χ3n) is 8.61. The van der Waals surface area contributed by atoms with E-state index in [2.05, 4.69) is 135 Å². The maximum absolute atomic E-state index is 2.46. The molecule has 0 amide bonds. The normalized spacial score (nSPS) is 13.9. The molecule has 0 radical (unpaired) electrons. The quantitative estimate of drug-likeness (QED) is 0.220. The Hall–Kier alpha value is -4.42. The van der Waals surface area contributed by atoms with Crippen LogP contribution in [0.25, 0.3) is 65.7 Å². The van der Waals surface area contributed by atoms with Crippen LogP contribution in [0.1, 0.15) is 25.0 Å². The fraction of sp³-hybridized carbons (Fsp3) is 0.0811. The fourth-order valence-corrected chi connectivity index (χ4v) is 6.68. The van der Waals surface area contributed by atoms with Gasteiger partial charge in [-0.3, -0.25) is 0 Å². The highest BCUT2D eigenvalue weighted by Gasteiger charge is 2.37. The van der Waals surface area contributed by atoms with Gasteiger partial charge in [-0.05, 0) is 89.0 Å². The third kappa shape index (κ3) is 2.84. The summed E-state index contributed by atoms with van der Waals surface area (Å²) in [5.41, 5.74) is 10.6. The third-order valence-corrected chi connectivity index (χ3v) is 8.61. The summed E-state index contributed by atoms with van der Waals surface area (Å²) >= 11 is 0. The minimum absolute atomic E-state index is 0.0604. The van der Waals surface area contributed by atoms with E-state index < -0.39 is 0 Å². The van der Waals surface area contributed by atoms with Crippen LogP contribution in [0.4, 0.5) is 0 Å². The van der Waals surface area contributed by atoms with Crippen LogP contribution >= 0.6 is 0 Å². The average Bonchev–Trinajstić information content (AvgIpc) is 3.18. The van der Waals surface area contributed by atoms with Crippen molar-refractivity contribution in [3.63, 3.8) is 0 Å². The summed E-state index contributed by atoms with van der Waals surface area (Å²) in [5.74, 6) is 0. The minimum Gasteiger partial charge on any atom is -0.0622 e. The summed E-state index contributed by atoms with van der Waals surface area (Å²) in [6.45, 7) is 4.77. The molecular formula is C37H26. The van der Waals surface area contributed by atoms with Crippen molar-refractivity contribution in [2.24, 2.45) is 0 Å². The van der Waals surface area contributed by atoms with Crippen LogP contribution in [0.2, 0.25) is 0 Å². The maximum Gasteiger partial charge on any atom is 0.0159 e. The van der Waals surface area contributed by atoms with Crippen LogP contribution in [0.5, 0.6) is 0 Å². The van der Waals surface area contributed by atoms with Gasteiger partial charge in [0.1, 0.15) is 0 Å². The second kappa shape index (κ2) is 7.31. The van der Waals surface area contributed by atoms with Crippen molar-refractivity contribution in [3.05, 3.63) is 132 Å². The van der Waals surface area contributed by atoms with E-state index in [1.54, 1.807) is 0 Å². The molecule has 0 heteroatoms. The minimum atomic E-state index is -0.0604. The molecule has 0 saturated heterocycles. The Labute approximate surface area is 217 Å². The summed E-state index contributed by atoms with van der Waals surface area (Å²) in [6.07, 6.45) is 0. The SMILES string of the molecule is CC1(C)c2cc(-c3ccc(-c4ccccc4)cc3)ccc2-c2c1cc1ccc3cccc4ccc2c1c34. The van der Waals surface area contributed by atoms with E-state index in [9.17, 15) is 0 Å². The van der Waals surface area contributed by atoms with E-state index in [-0.39, 0.29) is 5.41 Å². The molecule has 0 atom stereocenters. The topological polar surface area (TPSA) is 0 Å². The van der Waals surface area contributed by atoms with Crippen LogP contribution in [-0.2, 0) is 5.41 Å². The smallest absolute Gasteiger partial charge is 0.0159 e. The lowest BCUT2D eigenvalue weighted by Gasteiger charge is -2.23. The molecule has 0 spiro atoms. The Morgan fingerprint density at radius 1 is 0.432 bits per heavy atom. The standard InChI is InChI=1S/C37H26/c1-37(2)32-21-28(25-13-11-24(12-14-25)23-7-4-3-5-8-23)18-19-30(32)36-31-20-17-27-10-6-9-26-15-16-29(22-33(36)37)35(31)34(26)27/h3-22H,1-2H3. The predicted octanol–water partition coefficient (Wildman–Crippen LogP) is 10.2. The molecule has 7 aromatic carbocycles. The van der Waals surface area contributed by atoms with Crippen molar-refractivity contribution in [1.82, 2.24) is 0 Å².